The van der Waals surface area contributed by atoms with Gasteiger partial charge in [0.2, 0.25) is 0 Å². The number of nitrogens with zero attached hydrogens (tertiary/aromatic N) is 2. The molecular weight excluding hydrogens is 300 g/mol. The van der Waals surface area contributed by atoms with Gasteiger partial charge in [-0.05, 0) is 74.4 Å². The molecule has 0 saturated carbocycles. The van der Waals surface area contributed by atoms with Gasteiger partial charge in [0, 0.05) is 18.8 Å². The summed E-state index contributed by atoms with van der Waals surface area (Å²) >= 11 is 0. The fraction of sp³-hybridized carbons (Fsp3) is 0.550. The van der Waals surface area contributed by atoms with E-state index in [2.05, 4.69) is 39.6 Å². The van der Waals surface area contributed by atoms with Crippen LogP contribution in [-0.2, 0) is 22.4 Å². The Hall–Kier alpha value is -1.65. The van der Waals surface area contributed by atoms with E-state index in [1.807, 2.05) is 17.1 Å². The number of imidazole rings is 1. The Morgan fingerprint density at radius 3 is 2.08 bits per heavy atom. The van der Waals surface area contributed by atoms with Crippen LogP contribution in [0.2, 0.25) is 0 Å². The molecule has 4 nitrogen and oxygen atoms in total. The summed E-state index contributed by atoms with van der Waals surface area (Å²) in [5.41, 5.74) is 8.49. The first-order valence-corrected chi connectivity index (χ1v) is 8.73. The summed E-state index contributed by atoms with van der Waals surface area (Å²) in [6, 6.07) is 0. The third kappa shape index (κ3) is 3.13. The molecule has 0 amide bonds. The molecule has 0 atom stereocenters. The van der Waals surface area contributed by atoms with Gasteiger partial charge in [-0.15, -0.1) is 0 Å². The molecular formula is C20H28N2O2. The molecule has 1 aliphatic rings. The van der Waals surface area contributed by atoms with Crippen molar-refractivity contribution in [3.63, 3.8) is 0 Å². The second kappa shape index (κ2) is 6.69. The molecule has 2 aromatic rings. The lowest BCUT2D eigenvalue weighted by atomic mass is 9.87. The van der Waals surface area contributed by atoms with Crippen LogP contribution in [0.5, 0.6) is 0 Å². The molecule has 24 heavy (non-hydrogen) atoms. The molecule has 2 heterocycles. The topological polar surface area (TPSA) is 36.3 Å². The van der Waals surface area contributed by atoms with E-state index in [1.165, 1.54) is 33.4 Å². The summed E-state index contributed by atoms with van der Waals surface area (Å²) in [6.07, 6.45) is 7.40. The molecule has 3 rings (SSSR count). The van der Waals surface area contributed by atoms with Crippen molar-refractivity contribution in [2.75, 3.05) is 13.2 Å². The van der Waals surface area contributed by atoms with Crippen molar-refractivity contribution in [1.82, 2.24) is 9.55 Å². The zero-order valence-corrected chi connectivity index (χ0v) is 15.5. The fourth-order valence-corrected chi connectivity index (χ4v) is 3.74. The fourth-order valence-electron chi connectivity index (χ4n) is 3.74. The summed E-state index contributed by atoms with van der Waals surface area (Å²) in [5.74, 6) is -0.535. The molecule has 1 aromatic heterocycles. The predicted octanol–water partition coefficient (Wildman–Crippen LogP) is 3.80. The third-order valence-corrected chi connectivity index (χ3v) is 5.71. The summed E-state index contributed by atoms with van der Waals surface area (Å²) in [7, 11) is 0. The van der Waals surface area contributed by atoms with Crippen LogP contribution in [0, 0.1) is 34.6 Å². The van der Waals surface area contributed by atoms with Crippen molar-refractivity contribution >= 4 is 0 Å². The van der Waals surface area contributed by atoms with E-state index < -0.39 is 5.79 Å². The van der Waals surface area contributed by atoms with Gasteiger partial charge in [0.1, 0.15) is 0 Å². The Labute approximate surface area is 144 Å². The first-order chi connectivity index (χ1) is 11.4. The number of rotatable bonds is 5. The van der Waals surface area contributed by atoms with Crippen LogP contribution in [-0.4, -0.2) is 28.6 Å². The molecule has 0 bridgehead atoms. The van der Waals surface area contributed by atoms with Gasteiger partial charge in [0.15, 0.2) is 5.79 Å². The predicted molar refractivity (Wildman–Crippen MR) is 95.3 cm³/mol. The lowest BCUT2D eigenvalue weighted by molar-refractivity contribution is -0.171. The van der Waals surface area contributed by atoms with Crippen LogP contribution in [0.4, 0.5) is 0 Å². The van der Waals surface area contributed by atoms with Crippen molar-refractivity contribution in [3.8, 4) is 0 Å². The van der Waals surface area contributed by atoms with E-state index in [0.29, 0.717) is 19.8 Å². The average Bonchev–Trinajstić information content (AvgIpc) is 3.24. The maximum atomic E-state index is 6.03. The van der Waals surface area contributed by atoms with E-state index in [0.717, 1.165) is 12.8 Å². The van der Waals surface area contributed by atoms with E-state index >= 15 is 0 Å². The maximum absolute atomic E-state index is 6.03. The summed E-state index contributed by atoms with van der Waals surface area (Å²) in [4.78, 5) is 4.13. The lowest BCUT2D eigenvalue weighted by Gasteiger charge is -2.29. The highest BCUT2D eigenvalue weighted by Gasteiger charge is 2.37. The molecule has 130 valence electrons. The van der Waals surface area contributed by atoms with Gasteiger partial charge in [-0.25, -0.2) is 4.98 Å². The standard InChI is InChI=1S/C20H28N2O2/c1-14-15(2)17(4)19(18(5)16(14)3)6-7-20(23-10-11-24-20)12-22-9-8-21-13-22/h8-9,13H,6-7,10-12H2,1-5H3. The monoisotopic (exact) mass is 328 g/mol. The van der Waals surface area contributed by atoms with Crippen molar-refractivity contribution < 1.29 is 9.47 Å². The lowest BCUT2D eigenvalue weighted by Crippen LogP contribution is -2.36. The van der Waals surface area contributed by atoms with Gasteiger partial charge in [-0.2, -0.15) is 0 Å². The van der Waals surface area contributed by atoms with E-state index in [1.54, 1.807) is 6.20 Å². The number of ether oxygens (including phenoxy) is 2. The Morgan fingerprint density at radius 1 is 0.958 bits per heavy atom. The number of hydrogen-bond acceptors (Lipinski definition) is 3. The van der Waals surface area contributed by atoms with Crippen LogP contribution in [0.3, 0.4) is 0 Å². The Morgan fingerprint density at radius 2 is 1.54 bits per heavy atom. The number of benzene rings is 1. The summed E-state index contributed by atoms with van der Waals surface area (Å²) < 4.78 is 14.1. The van der Waals surface area contributed by atoms with Gasteiger partial charge >= 0.3 is 0 Å². The highest BCUT2D eigenvalue weighted by molar-refractivity contribution is 5.49. The molecule has 1 aromatic carbocycles. The first kappa shape index (κ1) is 17.2. The number of aromatic nitrogens is 2. The second-order valence-electron chi connectivity index (χ2n) is 6.95. The van der Waals surface area contributed by atoms with Gasteiger partial charge in [0.25, 0.3) is 0 Å². The smallest absolute Gasteiger partial charge is 0.186 e. The van der Waals surface area contributed by atoms with Gasteiger partial charge in [-0.3, -0.25) is 0 Å². The zero-order chi connectivity index (χ0) is 17.3. The molecule has 0 N–H and O–H groups in total. The van der Waals surface area contributed by atoms with Crippen LogP contribution in [0.25, 0.3) is 0 Å². The summed E-state index contributed by atoms with van der Waals surface area (Å²) in [5, 5.41) is 0. The van der Waals surface area contributed by atoms with E-state index in [-0.39, 0.29) is 0 Å². The van der Waals surface area contributed by atoms with Gasteiger partial charge < -0.3 is 14.0 Å². The van der Waals surface area contributed by atoms with Crippen LogP contribution < -0.4 is 0 Å². The average molecular weight is 328 g/mol. The third-order valence-electron chi connectivity index (χ3n) is 5.71. The minimum atomic E-state index is -0.535. The van der Waals surface area contributed by atoms with Crippen LogP contribution >= 0.6 is 0 Å². The first-order valence-electron chi connectivity index (χ1n) is 8.73. The molecule has 0 spiro atoms. The molecule has 1 saturated heterocycles. The molecule has 0 radical (unpaired) electrons. The second-order valence-corrected chi connectivity index (χ2v) is 6.95. The highest BCUT2D eigenvalue weighted by atomic mass is 16.7. The maximum Gasteiger partial charge on any atom is 0.186 e. The van der Waals surface area contributed by atoms with E-state index in [9.17, 15) is 0 Å². The van der Waals surface area contributed by atoms with Crippen LogP contribution in [0.1, 0.15) is 39.8 Å². The molecule has 4 heteroatoms. The Balaban J connectivity index is 1.83. The van der Waals surface area contributed by atoms with Gasteiger partial charge in [-0.1, -0.05) is 0 Å². The molecule has 1 fully saturated rings. The minimum Gasteiger partial charge on any atom is -0.346 e. The normalized spacial score (nSPS) is 16.7. The van der Waals surface area contributed by atoms with Crippen molar-refractivity contribution in [2.24, 2.45) is 0 Å². The van der Waals surface area contributed by atoms with Crippen molar-refractivity contribution in [2.45, 2.75) is 59.8 Å². The van der Waals surface area contributed by atoms with Crippen molar-refractivity contribution in [3.05, 3.63) is 52.1 Å². The van der Waals surface area contributed by atoms with Gasteiger partial charge in [0.05, 0.1) is 26.1 Å². The van der Waals surface area contributed by atoms with Crippen molar-refractivity contribution in [1.29, 1.82) is 0 Å². The van der Waals surface area contributed by atoms with E-state index in [4.69, 9.17) is 9.47 Å². The quantitative estimate of drug-likeness (QED) is 0.837. The molecule has 0 aliphatic carbocycles. The highest BCUT2D eigenvalue weighted by Crippen LogP contribution is 2.32. The molecule has 0 unspecified atom stereocenters. The molecule has 1 aliphatic heterocycles. The minimum absolute atomic E-state index is 0.535. The SMILES string of the molecule is Cc1c(C)c(C)c(CCC2(Cn3ccnc3)OCCO2)c(C)c1C. The Bertz CT molecular complexity index is 685. The van der Waals surface area contributed by atoms with Crippen LogP contribution in [0.15, 0.2) is 18.7 Å². The number of hydrogen-bond donors (Lipinski definition) is 0. The zero-order valence-electron chi connectivity index (χ0n) is 15.5. The summed E-state index contributed by atoms with van der Waals surface area (Å²) in [6.45, 7) is 13.2. The Kier molecular flexibility index (Phi) is 4.79. The largest absolute Gasteiger partial charge is 0.346 e.